The van der Waals surface area contributed by atoms with Crippen LogP contribution in [0, 0.1) is 5.82 Å². The van der Waals surface area contributed by atoms with Gasteiger partial charge in [-0.15, -0.1) is 0 Å². The SMILES string of the molecule is O=C(CN1C(=O)N/C(=C/c2cc(Cl)cc(Br)c2O)C1=O)Nc1ccccc1F. The molecule has 0 aliphatic carbocycles. The zero-order chi connectivity index (χ0) is 20.4. The van der Waals surface area contributed by atoms with Gasteiger partial charge in [-0.25, -0.2) is 14.1 Å². The first-order valence-corrected chi connectivity index (χ1v) is 9.00. The Morgan fingerprint density at radius 3 is 2.75 bits per heavy atom. The van der Waals surface area contributed by atoms with Crippen molar-refractivity contribution in [2.45, 2.75) is 0 Å². The maximum Gasteiger partial charge on any atom is 0.329 e. The van der Waals surface area contributed by atoms with Crippen LogP contribution in [0.5, 0.6) is 5.75 Å². The zero-order valence-corrected chi connectivity index (χ0v) is 16.3. The number of para-hydroxylation sites is 1. The first-order chi connectivity index (χ1) is 13.3. The normalized spacial score (nSPS) is 15.1. The number of urea groups is 1. The van der Waals surface area contributed by atoms with E-state index in [4.69, 9.17) is 11.6 Å². The summed E-state index contributed by atoms with van der Waals surface area (Å²) in [5.74, 6) is -2.34. The van der Waals surface area contributed by atoms with Crippen molar-refractivity contribution in [3.8, 4) is 5.75 Å². The van der Waals surface area contributed by atoms with Gasteiger partial charge in [0, 0.05) is 10.6 Å². The number of amides is 4. The van der Waals surface area contributed by atoms with Gasteiger partial charge in [-0.1, -0.05) is 23.7 Å². The van der Waals surface area contributed by atoms with Gasteiger partial charge in [-0.3, -0.25) is 9.59 Å². The molecule has 1 heterocycles. The summed E-state index contributed by atoms with van der Waals surface area (Å²) in [7, 11) is 0. The van der Waals surface area contributed by atoms with Gasteiger partial charge >= 0.3 is 6.03 Å². The first kappa shape index (κ1) is 19.8. The topological polar surface area (TPSA) is 98.7 Å². The van der Waals surface area contributed by atoms with E-state index in [1.54, 1.807) is 0 Å². The molecule has 1 aliphatic rings. The van der Waals surface area contributed by atoms with Crippen molar-refractivity contribution in [2.24, 2.45) is 0 Å². The number of nitrogens with zero attached hydrogens (tertiary/aromatic N) is 1. The van der Waals surface area contributed by atoms with E-state index in [1.165, 1.54) is 42.5 Å². The Morgan fingerprint density at radius 2 is 2.04 bits per heavy atom. The quantitative estimate of drug-likeness (QED) is 0.473. The van der Waals surface area contributed by atoms with Gasteiger partial charge in [0.2, 0.25) is 5.91 Å². The minimum Gasteiger partial charge on any atom is -0.506 e. The lowest BCUT2D eigenvalue weighted by atomic mass is 10.1. The van der Waals surface area contributed by atoms with Crippen LogP contribution in [0.4, 0.5) is 14.9 Å². The molecule has 0 unspecified atom stereocenters. The highest BCUT2D eigenvalue weighted by Gasteiger charge is 2.35. The Labute approximate surface area is 171 Å². The van der Waals surface area contributed by atoms with Crippen LogP contribution in [0.15, 0.2) is 46.6 Å². The molecule has 28 heavy (non-hydrogen) atoms. The second kappa shape index (κ2) is 7.99. The van der Waals surface area contributed by atoms with E-state index >= 15 is 0 Å². The lowest BCUT2D eigenvalue weighted by Crippen LogP contribution is -2.38. The Hall–Kier alpha value is -2.91. The lowest BCUT2D eigenvalue weighted by molar-refractivity contribution is -0.127. The average molecular weight is 469 g/mol. The molecule has 0 radical (unpaired) electrons. The highest BCUT2D eigenvalue weighted by Crippen LogP contribution is 2.33. The van der Waals surface area contributed by atoms with E-state index in [0.29, 0.717) is 14.4 Å². The number of nitrogens with one attached hydrogen (secondary N) is 2. The summed E-state index contributed by atoms with van der Waals surface area (Å²) < 4.78 is 13.9. The third-order valence-electron chi connectivity index (χ3n) is 3.77. The molecule has 10 heteroatoms. The molecule has 1 aliphatic heterocycles. The van der Waals surface area contributed by atoms with Gasteiger partial charge in [-0.2, -0.15) is 0 Å². The van der Waals surface area contributed by atoms with E-state index < -0.39 is 30.2 Å². The summed E-state index contributed by atoms with van der Waals surface area (Å²) >= 11 is 9.05. The molecule has 0 spiro atoms. The molecular weight excluding hydrogens is 457 g/mol. The smallest absolute Gasteiger partial charge is 0.329 e. The van der Waals surface area contributed by atoms with Gasteiger partial charge < -0.3 is 15.7 Å². The predicted molar refractivity (Wildman–Crippen MR) is 104 cm³/mol. The minimum absolute atomic E-state index is 0.0657. The average Bonchev–Trinajstić information content (AvgIpc) is 2.88. The van der Waals surface area contributed by atoms with Gasteiger partial charge in [0.05, 0.1) is 10.2 Å². The summed E-state index contributed by atoms with van der Waals surface area (Å²) in [4.78, 5) is 37.3. The molecule has 0 aromatic heterocycles. The third kappa shape index (κ3) is 4.15. The molecule has 0 bridgehead atoms. The molecule has 4 amide bonds. The molecule has 144 valence electrons. The minimum atomic E-state index is -0.819. The van der Waals surface area contributed by atoms with Crippen molar-refractivity contribution < 1.29 is 23.9 Å². The number of hydrogen-bond donors (Lipinski definition) is 3. The Kier molecular flexibility index (Phi) is 5.66. The highest BCUT2D eigenvalue weighted by molar-refractivity contribution is 9.10. The number of hydrogen-bond acceptors (Lipinski definition) is 4. The number of imide groups is 1. The van der Waals surface area contributed by atoms with Gasteiger partial charge in [-0.05, 0) is 46.3 Å². The predicted octanol–water partition coefficient (Wildman–Crippen LogP) is 3.48. The third-order valence-corrected chi connectivity index (χ3v) is 4.59. The van der Waals surface area contributed by atoms with Crippen LogP contribution in [0.25, 0.3) is 6.08 Å². The number of rotatable bonds is 4. The van der Waals surface area contributed by atoms with E-state index in [-0.39, 0.29) is 22.7 Å². The number of anilines is 1. The Bertz CT molecular complexity index is 1030. The van der Waals surface area contributed by atoms with Crippen molar-refractivity contribution in [1.29, 1.82) is 0 Å². The molecule has 1 fully saturated rings. The summed E-state index contributed by atoms with van der Waals surface area (Å²) in [6.45, 7) is -0.610. The molecule has 7 nitrogen and oxygen atoms in total. The molecule has 0 atom stereocenters. The van der Waals surface area contributed by atoms with Crippen LogP contribution < -0.4 is 10.6 Å². The maximum atomic E-state index is 13.6. The summed E-state index contributed by atoms with van der Waals surface area (Å²) in [5, 5.41) is 15.0. The lowest BCUT2D eigenvalue weighted by Gasteiger charge is -2.12. The number of phenols is 1. The van der Waals surface area contributed by atoms with Crippen molar-refractivity contribution in [3.63, 3.8) is 0 Å². The number of benzene rings is 2. The molecule has 3 rings (SSSR count). The van der Waals surface area contributed by atoms with Gasteiger partial charge in [0.15, 0.2) is 0 Å². The molecule has 1 saturated heterocycles. The van der Waals surface area contributed by atoms with E-state index in [1.807, 2.05) is 0 Å². The van der Waals surface area contributed by atoms with Crippen molar-refractivity contribution in [2.75, 3.05) is 11.9 Å². The van der Waals surface area contributed by atoms with E-state index in [9.17, 15) is 23.9 Å². The maximum absolute atomic E-state index is 13.6. The van der Waals surface area contributed by atoms with E-state index in [0.717, 1.165) is 0 Å². The number of halogens is 3. The van der Waals surface area contributed by atoms with Crippen LogP contribution in [0.3, 0.4) is 0 Å². The summed E-state index contributed by atoms with van der Waals surface area (Å²) in [6.07, 6.45) is 1.24. The van der Waals surface area contributed by atoms with Crippen LogP contribution in [-0.2, 0) is 9.59 Å². The first-order valence-electron chi connectivity index (χ1n) is 7.83. The molecule has 3 N–H and O–H groups in total. The number of aromatic hydroxyl groups is 1. The fraction of sp³-hybridized carbons (Fsp3) is 0.0556. The fourth-order valence-electron chi connectivity index (χ4n) is 2.46. The van der Waals surface area contributed by atoms with Crippen LogP contribution in [-0.4, -0.2) is 34.4 Å². The zero-order valence-electron chi connectivity index (χ0n) is 14.0. The van der Waals surface area contributed by atoms with E-state index in [2.05, 4.69) is 26.6 Å². The van der Waals surface area contributed by atoms with Crippen LogP contribution in [0.2, 0.25) is 5.02 Å². The Balaban J connectivity index is 1.77. The van der Waals surface area contributed by atoms with Crippen molar-refractivity contribution in [1.82, 2.24) is 10.2 Å². The second-order valence-corrected chi connectivity index (χ2v) is 7.02. The van der Waals surface area contributed by atoms with Crippen molar-refractivity contribution in [3.05, 3.63) is 63.0 Å². The van der Waals surface area contributed by atoms with Gasteiger partial charge in [0.1, 0.15) is 23.8 Å². The molecular formula is C18H12BrClFN3O4. The largest absolute Gasteiger partial charge is 0.506 e. The van der Waals surface area contributed by atoms with Gasteiger partial charge in [0.25, 0.3) is 5.91 Å². The molecule has 2 aromatic carbocycles. The van der Waals surface area contributed by atoms with Crippen LogP contribution >= 0.6 is 27.5 Å². The summed E-state index contributed by atoms with van der Waals surface area (Å²) in [5.41, 5.74) is -0.0159. The highest BCUT2D eigenvalue weighted by atomic mass is 79.9. The monoisotopic (exact) mass is 467 g/mol. The Morgan fingerprint density at radius 1 is 1.32 bits per heavy atom. The summed E-state index contributed by atoms with van der Waals surface area (Å²) in [6, 6.07) is 7.56. The second-order valence-electron chi connectivity index (χ2n) is 5.73. The number of carbonyl (C=O) groups is 3. The number of carbonyl (C=O) groups excluding carboxylic acids is 3. The number of phenolic OH excluding ortho intramolecular Hbond substituents is 1. The standard InChI is InChI=1S/C18H12BrClFN3O4/c19-11-7-10(20)5-9(16(11)26)6-14-17(27)24(18(28)23-14)8-15(25)22-13-4-2-1-3-12(13)21/h1-7,26H,8H2,(H,22,25)(H,23,28)/b14-6+. The van der Waals surface area contributed by atoms with Crippen LogP contribution in [0.1, 0.15) is 5.56 Å². The molecule has 0 saturated carbocycles. The molecule has 2 aromatic rings. The fourth-order valence-corrected chi connectivity index (χ4v) is 3.30. The van der Waals surface area contributed by atoms with Crippen molar-refractivity contribution >= 4 is 57.1 Å².